The Labute approximate surface area is 119 Å². The molecule has 5 heteroatoms. The van der Waals surface area contributed by atoms with Crippen molar-refractivity contribution in [3.8, 4) is 6.07 Å². The van der Waals surface area contributed by atoms with Crippen molar-refractivity contribution in [1.82, 2.24) is 5.32 Å². The summed E-state index contributed by atoms with van der Waals surface area (Å²) in [5.74, 6) is -0.0177. The van der Waals surface area contributed by atoms with Crippen LogP contribution in [-0.2, 0) is 16.1 Å². The smallest absolute Gasteiger partial charge is 0.234 e. The van der Waals surface area contributed by atoms with E-state index in [2.05, 4.69) is 10.6 Å². The molecule has 0 heterocycles. The second-order valence-corrected chi connectivity index (χ2v) is 4.96. The third-order valence-electron chi connectivity index (χ3n) is 2.53. The van der Waals surface area contributed by atoms with E-state index >= 15 is 0 Å². The molecule has 0 aliphatic heterocycles. The highest BCUT2D eigenvalue weighted by Crippen LogP contribution is 2.12. The van der Waals surface area contributed by atoms with Crippen LogP contribution in [-0.4, -0.2) is 11.8 Å². The molecule has 0 spiro atoms. The Morgan fingerprint density at radius 1 is 1.30 bits per heavy atom. The number of amides is 2. The molecule has 0 aromatic heterocycles. The first kappa shape index (κ1) is 15.7. The van der Waals surface area contributed by atoms with E-state index in [4.69, 9.17) is 5.26 Å². The van der Waals surface area contributed by atoms with E-state index in [1.54, 1.807) is 12.1 Å². The lowest BCUT2D eigenvalue weighted by Crippen LogP contribution is -2.22. The van der Waals surface area contributed by atoms with Crippen LogP contribution in [0.4, 0.5) is 5.69 Å². The molecule has 1 aromatic rings. The third kappa shape index (κ3) is 6.01. The normalized spacial score (nSPS) is 9.90. The molecular formula is C15H19N3O2. The maximum Gasteiger partial charge on any atom is 0.234 e. The Hall–Kier alpha value is -2.35. The van der Waals surface area contributed by atoms with Gasteiger partial charge in [-0.25, -0.2) is 0 Å². The molecule has 0 atom stereocenters. The van der Waals surface area contributed by atoms with Crippen LogP contribution >= 0.6 is 0 Å². The first-order valence-corrected chi connectivity index (χ1v) is 6.53. The number of nitrogens with one attached hydrogen (secondary N) is 2. The molecule has 0 unspecified atom stereocenters. The van der Waals surface area contributed by atoms with Crippen LogP contribution in [0.5, 0.6) is 0 Å². The minimum atomic E-state index is -0.304. The molecule has 0 saturated heterocycles. The maximum absolute atomic E-state index is 11.7. The minimum absolute atomic E-state index is 0.0225. The van der Waals surface area contributed by atoms with E-state index in [1.165, 1.54) is 0 Å². The lowest BCUT2D eigenvalue weighted by Gasteiger charge is -2.09. The molecule has 20 heavy (non-hydrogen) atoms. The largest absolute Gasteiger partial charge is 0.351 e. The predicted octanol–water partition coefficient (Wildman–Crippen LogP) is 2.20. The van der Waals surface area contributed by atoms with Gasteiger partial charge in [-0.05, 0) is 23.6 Å². The summed E-state index contributed by atoms with van der Waals surface area (Å²) in [6, 6.07) is 9.07. The van der Waals surface area contributed by atoms with Crippen LogP contribution in [0.15, 0.2) is 24.3 Å². The fourth-order valence-electron chi connectivity index (χ4n) is 1.68. The van der Waals surface area contributed by atoms with Gasteiger partial charge in [-0.1, -0.05) is 26.0 Å². The van der Waals surface area contributed by atoms with E-state index in [-0.39, 0.29) is 18.2 Å². The Morgan fingerprint density at radius 2 is 2.05 bits per heavy atom. The molecule has 2 N–H and O–H groups in total. The average molecular weight is 273 g/mol. The predicted molar refractivity (Wildman–Crippen MR) is 76.6 cm³/mol. The Morgan fingerprint density at radius 3 is 2.70 bits per heavy atom. The SMILES string of the molecule is CC(C)CC(=O)Nc1cccc(CNC(=O)CC#N)c1. The number of hydrogen-bond acceptors (Lipinski definition) is 3. The maximum atomic E-state index is 11.7. The van der Waals surface area contributed by atoms with Gasteiger partial charge >= 0.3 is 0 Å². The van der Waals surface area contributed by atoms with Gasteiger partial charge in [0.15, 0.2) is 0 Å². The van der Waals surface area contributed by atoms with E-state index in [9.17, 15) is 9.59 Å². The van der Waals surface area contributed by atoms with Crippen molar-refractivity contribution in [2.75, 3.05) is 5.32 Å². The van der Waals surface area contributed by atoms with Crippen molar-refractivity contribution < 1.29 is 9.59 Å². The molecule has 1 aromatic carbocycles. The molecule has 0 radical (unpaired) electrons. The lowest BCUT2D eigenvalue weighted by atomic mass is 10.1. The quantitative estimate of drug-likeness (QED) is 0.833. The van der Waals surface area contributed by atoms with E-state index in [0.29, 0.717) is 24.6 Å². The van der Waals surface area contributed by atoms with E-state index in [1.807, 2.05) is 32.0 Å². The van der Waals surface area contributed by atoms with Crippen molar-refractivity contribution >= 4 is 17.5 Å². The lowest BCUT2D eigenvalue weighted by molar-refractivity contribution is -0.120. The number of nitrogens with zero attached hydrogens (tertiary/aromatic N) is 1. The van der Waals surface area contributed by atoms with E-state index in [0.717, 1.165) is 5.56 Å². The van der Waals surface area contributed by atoms with Gasteiger partial charge in [0.25, 0.3) is 0 Å². The average Bonchev–Trinajstić information content (AvgIpc) is 2.36. The molecule has 0 aliphatic rings. The summed E-state index contributed by atoms with van der Waals surface area (Å²) in [7, 11) is 0. The van der Waals surface area contributed by atoms with E-state index < -0.39 is 0 Å². The zero-order chi connectivity index (χ0) is 15.0. The summed E-state index contributed by atoms with van der Waals surface area (Å²) >= 11 is 0. The fraction of sp³-hybridized carbons (Fsp3) is 0.400. The molecule has 0 saturated carbocycles. The van der Waals surface area contributed by atoms with Crippen LogP contribution in [0.2, 0.25) is 0 Å². The van der Waals surface area contributed by atoms with Gasteiger partial charge in [-0.3, -0.25) is 9.59 Å². The van der Waals surface area contributed by atoms with Crippen molar-refractivity contribution in [2.24, 2.45) is 5.92 Å². The third-order valence-corrected chi connectivity index (χ3v) is 2.53. The summed E-state index contributed by atoms with van der Waals surface area (Å²) in [4.78, 5) is 22.9. The highest BCUT2D eigenvalue weighted by molar-refractivity contribution is 5.90. The number of hydrogen-bond donors (Lipinski definition) is 2. The highest BCUT2D eigenvalue weighted by atomic mass is 16.2. The van der Waals surface area contributed by atoms with Gasteiger partial charge in [-0.15, -0.1) is 0 Å². The molecule has 1 rings (SSSR count). The Bertz CT molecular complexity index is 518. The monoisotopic (exact) mass is 273 g/mol. The van der Waals surface area contributed by atoms with Crippen LogP contribution in [0.25, 0.3) is 0 Å². The van der Waals surface area contributed by atoms with Crippen LogP contribution in [0.1, 0.15) is 32.3 Å². The van der Waals surface area contributed by atoms with Gasteiger partial charge in [0.2, 0.25) is 11.8 Å². The zero-order valence-electron chi connectivity index (χ0n) is 11.8. The number of carbonyl (C=O) groups excluding carboxylic acids is 2. The van der Waals surface area contributed by atoms with Gasteiger partial charge in [0, 0.05) is 18.7 Å². The van der Waals surface area contributed by atoms with Crippen LogP contribution < -0.4 is 10.6 Å². The van der Waals surface area contributed by atoms with Crippen LogP contribution in [0, 0.1) is 17.2 Å². The summed E-state index contributed by atoms with van der Waals surface area (Å²) in [5, 5.41) is 13.9. The first-order valence-electron chi connectivity index (χ1n) is 6.53. The molecule has 0 bridgehead atoms. The molecule has 2 amide bonds. The standard InChI is InChI=1S/C15H19N3O2/c1-11(2)8-15(20)18-13-5-3-4-12(9-13)10-17-14(19)6-7-16/h3-5,9,11H,6,8,10H2,1-2H3,(H,17,19)(H,18,20). The van der Waals surface area contributed by atoms with Gasteiger partial charge in [0.1, 0.15) is 6.42 Å². The van der Waals surface area contributed by atoms with Crippen LogP contribution in [0.3, 0.4) is 0 Å². The molecular weight excluding hydrogens is 254 g/mol. The zero-order valence-corrected chi connectivity index (χ0v) is 11.8. The van der Waals surface area contributed by atoms with Crippen molar-refractivity contribution in [3.05, 3.63) is 29.8 Å². The van der Waals surface area contributed by atoms with Crippen molar-refractivity contribution in [2.45, 2.75) is 33.2 Å². The number of carbonyl (C=O) groups is 2. The second kappa shape index (κ2) is 7.95. The fourth-order valence-corrected chi connectivity index (χ4v) is 1.68. The summed E-state index contributed by atoms with van der Waals surface area (Å²) in [6.45, 7) is 4.32. The minimum Gasteiger partial charge on any atom is -0.351 e. The van der Waals surface area contributed by atoms with Gasteiger partial charge < -0.3 is 10.6 Å². The Balaban J connectivity index is 2.55. The Kier molecular flexibility index (Phi) is 6.24. The second-order valence-electron chi connectivity index (χ2n) is 4.96. The first-order chi connectivity index (χ1) is 9.51. The summed E-state index contributed by atoms with van der Waals surface area (Å²) < 4.78 is 0. The number of anilines is 1. The van der Waals surface area contributed by atoms with Gasteiger partial charge in [-0.2, -0.15) is 5.26 Å². The topological polar surface area (TPSA) is 82.0 Å². The summed E-state index contributed by atoms with van der Waals surface area (Å²) in [6.07, 6.45) is 0.327. The number of rotatable bonds is 6. The molecule has 106 valence electrons. The number of benzene rings is 1. The van der Waals surface area contributed by atoms with Gasteiger partial charge in [0.05, 0.1) is 6.07 Å². The van der Waals surface area contributed by atoms with Crippen molar-refractivity contribution in [3.63, 3.8) is 0 Å². The molecule has 0 fully saturated rings. The number of nitriles is 1. The molecule has 0 aliphatic carbocycles. The van der Waals surface area contributed by atoms with Crippen molar-refractivity contribution in [1.29, 1.82) is 5.26 Å². The summed E-state index contributed by atoms with van der Waals surface area (Å²) in [5.41, 5.74) is 1.58. The highest BCUT2D eigenvalue weighted by Gasteiger charge is 2.06. The molecule has 5 nitrogen and oxygen atoms in total.